The average Bonchev–Trinajstić information content (AvgIpc) is 1.99. The summed E-state index contributed by atoms with van der Waals surface area (Å²) in [5.41, 5.74) is 0. The molecule has 1 unspecified atom stereocenters. The van der Waals surface area contributed by atoms with Crippen LogP contribution in [0.5, 0.6) is 0 Å². The summed E-state index contributed by atoms with van der Waals surface area (Å²) in [6, 6.07) is -0.502. The number of rotatable bonds is 5. The van der Waals surface area contributed by atoms with Crippen molar-refractivity contribution < 1.29 is 14.4 Å². The standard InChI is InChI=1S/C6H11NO3/c1-3-10-7(5-9)6(2)4-8/h4-6H,3H2,1-2H3. The monoisotopic (exact) mass is 145 g/mol. The summed E-state index contributed by atoms with van der Waals surface area (Å²) in [7, 11) is 0. The van der Waals surface area contributed by atoms with Crippen LogP contribution < -0.4 is 0 Å². The number of hydroxylamine groups is 2. The van der Waals surface area contributed by atoms with Gasteiger partial charge in [0.05, 0.1) is 6.61 Å². The van der Waals surface area contributed by atoms with Crippen molar-refractivity contribution in [3.63, 3.8) is 0 Å². The Morgan fingerprint density at radius 2 is 2.20 bits per heavy atom. The van der Waals surface area contributed by atoms with Crippen LogP contribution in [-0.2, 0) is 14.4 Å². The molecule has 0 spiro atoms. The lowest BCUT2D eigenvalue weighted by Gasteiger charge is -2.17. The molecule has 1 amide bonds. The van der Waals surface area contributed by atoms with Gasteiger partial charge in [0.25, 0.3) is 0 Å². The number of amides is 1. The first-order chi connectivity index (χ1) is 4.76. The van der Waals surface area contributed by atoms with Gasteiger partial charge in [-0.3, -0.25) is 9.63 Å². The number of hydrogen-bond acceptors (Lipinski definition) is 3. The summed E-state index contributed by atoms with van der Waals surface area (Å²) in [5.74, 6) is 0. The van der Waals surface area contributed by atoms with Gasteiger partial charge in [0.1, 0.15) is 12.3 Å². The van der Waals surface area contributed by atoms with Crippen molar-refractivity contribution in [2.24, 2.45) is 0 Å². The SMILES string of the molecule is CCON(C=O)C(C)C=O. The zero-order chi connectivity index (χ0) is 7.98. The van der Waals surface area contributed by atoms with Crippen molar-refractivity contribution in [3.05, 3.63) is 0 Å². The van der Waals surface area contributed by atoms with Gasteiger partial charge in [-0.2, -0.15) is 0 Å². The van der Waals surface area contributed by atoms with E-state index < -0.39 is 6.04 Å². The number of carbonyl (C=O) groups excluding carboxylic acids is 2. The van der Waals surface area contributed by atoms with Crippen LogP contribution in [-0.4, -0.2) is 30.4 Å². The molecule has 0 saturated carbocycles. The van der Waals surface area contributed by atoms with E-state index in [2.05, 4.69) is 0 Å². The minimum atomic E-state index is -0.502. The van der Waals surface area contributed by atoms with Gasteiger partial charge in [-0.05, 0) is 13.8 Å². The molecular weight excluding hydrogens is 134 g/mol. The van der Waals surface area contributed by atoms with Gasteiger partial charge in [0, 0.05) is 0 Å². The summed E-state index contributed by atoms with van der Waals surface area (Å²) in [4.78, 5) is 25.0. The third-order valence-electron chi connectivity index (χ3n) is 0.980. The van der Waals surface area contributed by atoms with E-state index in [9.17, 15) is 9.59 Å². The smallest absolute Gasteiger partial charge is 0.234 e. The Hall–Kier alpha value is -0.900. The van der Waals surface area contributed by atoms with Crippen LogP contribution >= 0.6 is 0 Å². The second kappa shape index (κ2) is 4.93. The molecule has 0 heterocycles. The normalized spacial score (nSPS) is 12.2. The van der Waals surface area contributed by atoms with Gasteiger partial charge in [-0.1, -0.05) is 0 Å². The van der Waals surface area contributed by atoms with E-state index in [-0.39, 0.29) is 0 Å². The summed E-state index contributed by atoms with van der Waals surface area (Å²) in [5, 5.41) is 0.979. The Labute approximate surface area is 59.7 Å². The molecule has 1 atom stereocenters. The average molecular weight is 145 g/mol. The van der Waals surface area contributed by atoms with Crippen LogP contribution in [0.1, 0.15) is 13.8 Å². The van der Waals surface area contributed by atoms with Crippen molar-refractivity contribution in [1.82, 2.24) is 5.06 Å². The van der Waals surface area contributed by atoms with E-state index in [0.717, 1.165) is 5.06 Å². The molecule has 4 heteroatoms. The molecule has 0 fully saturated rings. The highest BCUT2D eigenvalue weighted by molar-refractivity contribution is 5.62. The van der Waals surface area contributed by atoms with E-state index >= 15 is 0 Å². The number of carbonyl (C=O) groups is 2. The molecule has 0 aliphatic carbocycles. The molecule has 4 nitrogen and oxygen atoms in total. The van der Waals surface area contributed by atoms with Gasteiger partial charge < -0.3 is 4.79 Å². The third-order valence-corrected chi connectivity index (χ3v) is 0.980. The first kappa shape index (κ1) is 9.10. The molecule has 0 aromatic heterocycles. The minimum absolute atomic E-state index is 0.386. The molecule has 0 aromatic carbocycles. The Morgan fingerprint density at radius 3 is 2.50 bits per heavy atom. The van der Waals surface area contributed by atoms with E-state index in [1.807, 2.05) is 0 Å². The fraction of sp³-hybridized carbons (Fsp3) is 0.667. The highest BCUT2D eigenvalue weighted by Crippen LogP contribution is 1.92. The maximum absolute atomic E-state index is 10.1. The van der Waals surface area contributed by atoms with Crippen molar-refractivity contribution in [2.75, 3.05) is 6.61 Å². The number of nitrogens with zero attached hydrogens (tertiary/aromatic N) is 1. The predicted octanol–water partition coefficient (Wildman–Crippen LogP) is -0.0163. The molecule has 0 aliphatic rings. The molecule has 0 rings (SSSR count). The zero-order valence-electron chi connectivity index (χ0n) is 6.11. The molecule has 0 N–H and O–H groups in total. The molecule has 0 aromatic rings. The highest BCUT2D eigenvalue weighted by atomic mass is 16.7. The molecular formula is C6H11NO3. The topological polar surface area (TPSA) is 46.6 Å². The van der Waals surface area contributed by atoms with Crippen molar-refractivity contribution in [1.29, 1.82) is 0 Å². The van der Waals surface area contributed by atoms with Gasteiger partial charge in [0.15, 0.2) is 0 Å². The van der Waals surface area contributed by atoms with E-state index in [0.29, 0.717) is 19.3 Å². The van der Waals surface area contributed by atoms with Crippen LogP contribution in [0.25, 0.3) is 0 Å². The first-order valence-corrected chi connectivity index (χ1v) is 3.08. The first-order valence-electron chi connectivity index (χ1n) is 3.08. The van der Waals surface area contributed by atoms with Crippen LogP contribution in [0.4, 0.5) is 0 Å². The second-order valence-corrected chi connectivity index (χ2v) is 1.76. The maximum Gasteiger partial charge on any atom is 0.234 e. The summed E-state index contributed by atoms with van der Waals surface area (Å²) in [6.07, 6.45) is 1.13. The largest absolute Gasteiger partial charge is 0.301 e. The van der Waals surface area contributed by atoms with Gasteiger partial charge in [0.2, 0.25) is 6.41 Å². The van der Waals surface area contributed by atoms with Crippen LogP contribution in [0.3, 0.4) is 0 Å². The Morgan fingerprint density at radius 1 is 1.60 bits per heavy atom. The summed E-state index contributed by atoms with van der Waals surface area (Å²) >= 11 is 0. The minimum Gasteiger partial charge on any atom is -0.301 e. The predicted molar refractivity (Wildman–Crippen MR) is 35.1 cm³/mol. The van der Waals surface area contributed by atoms with Crippen molar-refractivity contribution in [3.8, 4) is 0 Å². The summed E-state index contributed by atoms with van der Waals surface area (Å²) in [6.45, 7) is 3.71. The molecule has 0 aliphatic heterocycles. The van der Waals surface area contributed by atoms with Crippen molar-refractivity contribution in [2.45, 2.75) is 19.9 Å². The molecule has 0 saturated heterocycles. The fourth-order valence-corrected chi connectivity index (χ4v) is 0.453. The van der Waals surface area contributed by atoms with Crippen LogP contribution in [0.15, 0.2) is 0 Å². The molecule has 0 radical (unpaired) electrons. The zero-order valence-corrected chi connectivity index (χ0v) is 6.11. The van der Waals surface area contributed by atoms with E-state index in [4.69, 9.17) is 4.84 Å². The quantitative estimate of drug-likeness (QED) is 0.403. The lowest BCUT2D eigenvalue weighted by molar-refractivity contribution is -0.182. The third kappa shape index (κ3) is 2.59. The Bertz CT molecular complexity index is 116. The van der Waals surface area contributed by atoms with E-state index in [1.165, 1.54) is 0 Å². The molecule has 0 bridgehead atoms. The Kier molecular flexibility index (Phi) is 4.49. The lowest BCUT2D eigenvalue weighted by Crippen LogP contribution is -2.32. The summed E-state index contributed by atoms with van der Waals surface area (Å²) < 4.78 is 0. The van der Waals surface area contributed by atoms with Crippen LogP contribution in [0, 0.1) is 0 Å². The molecule has 10 heavy (non-hydrogen) atoms. The fourth-order valence-electron chi connectivity index (χ4n) is 0.453. The van der Waals surface area contributed by atoms with E-state index in [1.54, 1.807) is 13.8 Å². The lowest BCUT2D eigenvalue weighted by atomic mass is 10.4. The van der Waals surface area contributed by atoms with Gasteiger partial charge in [-0.25, -0.2) is 5.06 Å². The maximum atomic E-state index is 10.1. The van der Waals surface area contributed by atoms with Gasteiger partial charge >= 0.3 is 0 Å². The number of hydrogen-bond donors (Lipinski definition) is 0. The van der Waals surface area contributed by atoms with Crippen LogP contribution in [0.2, 0.25) is 0 Å². The van der Waals surface area contributed by atoms with Crippen molar-refractivity contribution >= 4 is 12.7 Å². The highest BCUT2D eigenvalue weighted by Gasteiger charge is 2.08. The molecule has 58 valence electrons. The van der Waals surface area contributed by atoms with Gasteiger partial charge in [-0.15, -0.1) is 0 Å². The number of aldehydes is 1. The second-order valence-electron chi connectivity index (χ2n) is 1.76. The Balaban J connectivity index is 3.78.